The van der Waals surface area contributed by atoms with Gasteiger partial charge in [-0.1, -0.05) is 6.07 Å². The third-order valence-electron chi connectivity index (χ3n) is 2.70. The number of thioether (sulfide) groups is 1. The summed E-state index contributed by atoms with van der Waals surface area (Å²) in [6.07, 6.45) is 0.298. The Balaban J connectivity index is 2.09. The molecule has 2 atom stereocenters. The lowest BCUT2D eigenvalue weighted by Gasteiger charge is -2.24. The van der Waals surface area contributed by atoms with Crippen molar-refractivity contribution < 1.29 is 14.7 Å². The fourth-order valence-electron chi connectivity index (χ4n) is 1.86. The van der Waals surface area contributed by atoms with Crippen LogP contribution in [0.1, 0.15) is 11.8 Å². The van der Waals surface area contributed by atoms with Gasteiger partial charge in [0.1, 0.15) is 6.04 Å². The number of amides is 1. The van der Waals surface area contributed by atoms with E-state index in [1.54, 1.807) is 0 Å². The van der Waals surface area contributed by atoms with Crippen molar-refractivity contribution in [2.75, 3.05) is 5.75 Å². The van der Waals surface area contributed by atoms with Gasteiger partial charge in [0.25, 0.3) is 0 Å². The van der Waals surface area contributed by atoms with Crippen LogP contribution >= 0.6 is 23.1 Å². The smallest absolute Gasteiger partial charge is 0.327 e. The van der Waals surface area contributed by atoms with E-state index in [0.717, 1.165) is 4.88 Å². The highest BCUT2D eigenvalue weighted by Crippen LogP contribution is 2.29. The van der Waals surface area contributed by atoms with Gasteiger partial charge >= 0.3 is 5.97 Å². The molecule has 6 heteroatoms. The summed E-state index contributed by atoms with van der Waals surface area (Å²) in [5, 5.41) is 10.9. The molecule has 1 fully saturated rings. The molecule has 4 nitrogen and oxygen atoms in total. The third kappa shape index (κ3) is 2.63. The number of carboxylic acids is 1. The topological polar surface area (TPSA) is 57.6 Å². The Kier molecular flexibility index (Phi) is 3.73. The zero-order valence-corrected chi connectivity index (χ0v) is 11.0. The molecule has 0 aliphatic carbocycles. The zero-order chi connectivity index (χ0) is 12.4. The monoisotopic (exact) mass is 271 g/mol. The van der Waals surface area contributed by atoms with E-state index >= 15 is 0 Å². The van der Waals surface area contributed by atoms with E-state index in [4.69, 9.17) is 5.11 Å². The SMILES string of the molecule is CC1SCC(C(=O)O)N1C(=O)Cc1cccs1. The molecule has 2 heterocycles. The second-order valence-electron chi connectivity index (χ2n) is 3.84. The number of carbonyl (C=O) groups is 2. The molecule has 1 N–H and O–H groups in total. The Bertz CT molecular complexity index is 418. The third-order valence-corrected chi connectivity index (χ3v) is 4.80. The highest BCUT2D eigenvalue weighted by atomic mass is 32.2. The molecule has 2 unspecified atom stereocenters. The summed E-state index contributed by atoms with van der Waals surface area (Å²) in [4.78, 5) is 25.6. The molecule has 92 valence electrons. The summed E-state index contributed by atoms with van der Waals surface area (Å²) in [6.45, 7) is 1.87. The average Bonchev–Trinajstić information content (AvgIpc) is 2.86. The summed E-state index contributed by atoms with van der Waals surface area (Å²) in [5.41, 5.74) is 0. The van der Waals surface area contributed by atoms with Gasteiger partial charge < -0.3 is 10.0 Å². The van der Waals surface area contributed by atoms with Gasteiger partial charge in [-0.25, -0.2) is 4.79 Å². The lowest BCUT2D eigenvalue weighted by atomic mass is 10.2. The maximum atomic E-state index is 12.1. The first-order chi connectivity index (χ1) is 8.09. The maximum absolute atomic E-state index is 12.1. The lowest BCUT2D eigenvalue weighted by Crippen LogP contribution is -2.45. The standard InChI is InChI=1S/C11H13NO3S2/c1-7-12(9(6-17-7)11(14)15)10(13)5-8-3-2-4-16-8/h2-4,7,9H,5-6H2,1H3,(H,14,15). The second-order valence-corrected chi connectivity index (χ2v) is 6.22. The quantitative estimate of drug-likeness (QED) is 0.908. The largest absolute Gasteiger partial charge is 0.480 e. The Labute approximate surface area is 108 Å². The molecule has 1 aromatic rings. The van der Waals surface area contributed by atoms with Crippen LogP contribution in [0.2, 0.25) is 0 Å². The summed E-state index contributed by atoms with van der Waals surface area (Å²) < 4.78 is 0. The molecule has 17 heavy (non-hydrogen) atoms. The Morgan fingerprint density at radius 2 is 2.35 bits per heavy atom. The van der Waals surface area contributed by atoms with E-state index in [1.807, 2.05) is 24.4 Å². The van der Waals surface area contributed by atoms with Crippen LogP contribution in [0, 0.1) is 0 Å². The predicted octanol–water partition coefficient (Wildman–Crippen LogP) is 1.67. The van der Waals surface area contributed by atoms with Gasteiger partial charge in [-0.3, -0.25) is 4.79 Å². The van der Waals surface area contributed by atoms with Crippen LogP contribution < -0.4 is 0 Å². The molecule has 0 saturated carbocycles. The average molecular weight is 271 g/mol. The normalized spacial score (nSPS) is 23.9. The van der Waals surface area contributed by atoms with Crippen molar-refractivity contribution in [1.29, 1.82) is 0 Å². The van der Waals surface area contributed by atoms with Crippen LogP contribution in [0.5, 0.6) is 0 Å². The molecule has 0 bridgehead atoms. The van der Waals surface area contributed by atoms with Gasteiger partial charge in [0.2, 0.25) is 5.91 Å². The zero-order valence-electron chi connectivity index (χ0n) is 9.33. The first-order valence-electron chi connectivity index (χ1n) is 5.27. The molecule has 1 amide bonds. The summed E-state index contributed by atoms with van der Waals surface area (Å²) in [6, 6.07) is 3.11. The first kappa shape index (κ1) is 12.4. The number of thiophene rings is 1. The van der Waals surface area contributed by atoms with Crippen molar-refractivity contribution in [2.45, 2.75) is 24.8 Å². The van der Waals surface area contributed by atoms with Gasteiger partial charge in [0, 0.05) is 10.6 Å². The van der Waals surface area contributed by atoms with Crippen LogP contribution in [-0.4, -0.2) is 39.1 Å². The minimum Gasteiger partial charge on any atom is -0.480 e. The van der Waals surface area contributed by atoms with E-state index in [0.29, 0.717) is 12.2 Å². The minimum absolute atomic E-state index is 0.0523. The number of carboxylic acid groups (broad SMARTS) is 1. The Hall–Kier alpha value is -1.01. The molecular weight excluding hydrogens is 258 g/mol. The van der Waals surface area contributed by atoms with Crippen molar-refractivity contribution in [3.05, 3.63) is 22.4 Å². The second kappa shape index (κ2) is 5.10. The van der Waals surface area contributed by atoms with E-state index in [1.165, 1.54) is 28.0 Å². The molecule has 1 aliphatic rings. The van der Waals surface area contributed by atoms with E-state index < -0.39 is 12.0 Å². The molecule has 0 aromatic carbocycles. The Morgan fingerprint density at radius 1 is 1.59 bits per heavy atom. The Morgan fingerprint density at radius 3 is 2.94 bits per heavy atom. The van der Waals surface area contributed by atoms with Crippen LogP contribution in [-0.2, 0) is 16.0 Å². The number of carbonyl (C=O) groups excluding carboxylic acids is 1. The van der Waals surface area contributed by atoms with Crippen LogP contribution in [0.15, 0.2) is 17.5 Å². The van der Waals surface area contributed by atoms with Crippen LogP contribution in [0.3, 0.4) is 0 Å². The maximum Gasteiger partial charge on any atom is 0.327 e. The number of aliphatic carboxylic acids is 1. The number of hydrogen-bond acceptors (Lipinski definition) is 4. The van der Waals surface area contributed by atoms with Crippen molar-refractivity contribution in [3.8, 4) is 0 Å². The van der Waals surface area contributed by atoms with Crippen molar-refractivity contribution in [1.82, 2.24) is 4.90 Å². The van der Waals surface area contributed by atoms with Gasteiger partial charge in [-0.2, -0.15) is 0 Å². The summed E-state index contributed by atoms with van der Waals surface area (Å²) in [7, 11) is 0. The van der Waals surface area contributed by atoms with E-state index in [-0.39, 0.29) is 11.3 Å². The summed E-state index contributed by atoms with van der Waals surface area (Å²) >= 11 is 3.03. The first-order valence-corrected chi connectivity index (χ1v) is 7.20. The van der Waals surface area contributed by atoms with Crippen LogP contribution in [0.25, 0.3) is 0 Å². The van der Waals surface area contributed by atoms with Crippen molar-refractivity contribution in [3.63, 3.8) is 0 Å². The molecule has 1 saturated heterocycles. The van der Waals surface area contributed by atoms with E-state index in [9.17, 15) is 9.59 Å². The molecule has 1 aliphatic heterocycles. The molecule has 0 spiro atoms. The number of nitrogens with zero attached hydrogens (tertiary/aromatic N) is 1. The van der Waals surface area contributed by atoms with Crippen molar-refractivity contribution >= 4 is 35.0 Å². The predicted molar refractivity (Wildman–Crippen MR) is 68.2 cm³/mol. The highest BCUT2D eigenvalue weighted by molar-refractivity contribution is 8.00. The van der Waals surface area contributed by atoms with Gasteiger partial charge in [0.15, 0.2) is 0 Å². The lowest BCUT2D eigenvalue weighted by molar-refractivity contribution is -0.148. The summed E-state index contributed by atoms with van der Waals surface area (Å²) in [5.74, 6) is -0.536. The highest BCUT2D eigenvalue weighted by Gasteiger charge is 2.39. The van der Waals surface area contributed by atoms with Gasteiger partial charge in [-0.05, 0) is 18.4 Å². The minimum atomic E-state index is -0.915. The molecular formula is C11H13NO3S2. The van der Waals surface area contributed by atoms with Crippen LogP contribution in [0.4, 0.5) is 0 Å². The van der Waals surface area contributed by atoms with Crippen molar-refractivity contribution in [2.24, 2.45) is 0 Å². The molecule has 0 radical (unpaired) electrons. The number of rotatable bonds is 3. The fraction of sp³-hybridized carbons (Fsp3) is 0.455. The van der Waals surface area contributed by atoms with E-state index in [2.05, 4.69) is 0 Å². The fourth-order valence-corrected chi connectivity index (χ4v) is 3.75. The van der Waals surface area contributed by atoms with Gasteiger partial charge in [-0.15, -0.1) is 23.1 Å². The molecule has 1 aromatic heterocycles. The molecule has 2 rings (SSSR count). The van der Waals surface area contributed by atoms with Gasteiger partial charge in [0.05, 0.1) is 11.8 Å². The number of hydrogen-bond donors (Lipinski definition) is 1.